The van der Waals surface area contributed by atoms with E-state index in [0.717, 1.165) is 24.4 Å². The van der Waals surface area contributed by atoms with E-state index in [9.17, 15) is 5.11 Å². The first-order valence-electron chi connectivity index (χ1n) is 6.49. The molecule has 0 amide bonds. The first-order chi connectivity index (χ1) is 9.22. The molecule has 3 heterocycles. The smallest absolute Gasteiger partial charge is 0.241 e. The summed E-state index contributed by atoms with van der Waals surface area (Å²) in [6.07, 6.45) is 0.633. The van der Waals surface area contributed by atoms with Crippen LogP contribution in [0.15, 0.2) is 22.0 Å². The van der Waals surface area contributed by atoms with Crippen LogP contribution < -0.4 is 0 Å². The van der Waals surface area contributed by atoms with Crippen molar-refractivity contribution in [1.29, 1.82) is 0 Å². The van der Waals surface area contributed by atoms with Crippen LogP contribution in [0.5, 0.6) is 0 Å². The van der Waals surface area contributed by atoms with Gasteiger partial charge in [0, 0.05) is 13.1 Å². The van der Waals surface area contributed by atoms with Crippen LogP contribution in [0.1, 0.15) is 19.2 Å². The van der Waals surface area contributed by atoms with Crippen LogP contribution in [0.2, 0.25) is 0 Å². The van der Waals surface area contributed by atoms with Crippen molar-refractivity contribution in [3.05, 3.63) is 23.4 Å². The SMILES string of the molecule is CC1CN(Cc2nc(-c3cccs3)no2)CCC1O. The first-order valence-corrected chi connectivity index (χ1v) is 7.37. The fraction of sp³-hybridized carbons (Fsp3) is 0.538. The number of aromatic nitrogens is 2. The number of rotatable bonds is 3. The highest BCUT2D eigenvalue weighted by atomic mass is 32.1. The van der Waals surface area contributed by atoms with E-state index in [4.69, 9.17) is 4.52 Å². The Morgan fingerprint density at radius 1 is 1.58 bits per heavy atom. The van der Waals surface area contributed by atoms with Crippen LogP contribution in [-0.4, -0.2) is 39.3 Å². The quantitative estimate of drug-likeness (QED) is 0.931. The largest absolute Gasteiger partial charge is 0.393 e. The van der Waals surface area contributed by atoms with E-state index in [1.165, 1.54) is 0 Å². The molecule has 2 aromatic rings. The van der Waals surface area contributed by atoms with Gasteiger partial charge in [-0.2, -0.15) is 4.98 Å². The first kappa shape index (κ1) is 12.8. The zero-order valence-corrected chi connectivity index (χ0v) is 11.6. The number of aliphatic hydroxyl groups excluding tert-OH is 1. The van der Waals surface area contributed by atoms with E-state index < -0.39 is 0 Å². The molecule has 0 bridgehead atoms. The fourth-order valence-electron chi connectivity index (χ4n) is 2.38. The van der Waals surface area contributed by atoms with Crippen molar-refractivity contribution < 1.29 is 9.63 Å². The van der Waals surface area contributed by atoms with Gasteiger partial charge in [-0.1, -0.05) is 18.1 Å². The van der Waals surface area contributed by atoms with E-state index >= 15 is 0 Å². The van der Waals surface area contributed by atoms with Crippen LogP contribution in [0.3, 0.4) is 0 Å². The molecule has 1 fully saturated rings. The maximum atomic E-state index is 9.71. The van der Waals surface area contributed by atoms with Crippen molar-refractivity contribution in [1.82, 2.24) is 15.0 Å². The third-order valence-electron chi connectivity index (χ3n) is 3.51. The predicted molar refractivity (Wildman–Crippen MR) is 72.7 cm³/mol. The number of likely N-dealkylation sites (tertiary alicyclic amines) is 1. The standard InChI is InChI=1S/C13H17N3O2S/c1-9-7-16(5-4-10(9)17)8-12-14-13(15-18-12)11-3-2-6-19-11/h2-3,6,9-10,17H,4-5,7-8H2,1H3. The van der Waals surface area contributed by atoms with Gasteiger partial charge in [-0.25, -0.2) is 0 Å². The van der Waals surface area contributed by atoms with Crippen molar-refractivity contribution in [3.63, 3.8) is 0 Å². The molecule has 1 saturated heterocycles. The van der Waals surface area contributed by atoms with Crippen molar-refractivity contribution in [2.45, 2.75) is 26.0 Å². The van der Waals surface area contributed by atoms with Crippen molar-refractivity contribution in [2.24, 2.45) is 5.92 Å². The maximum Gasteiger partial charge on any atom is 0.241 e. The van der Waals surface area contributed by atoms with Gasteiger partial charge in [0.15, 0.2) is 0 Å². The van der Waals surface area contributed by atoms with Gasteiger partial charge in [-0.3, -0.25) is 4.90 Å². The van der Waals surface area contributed by atoms with Gasteiger partial charge >= 0.3 is 0 Å². The molecule has 6 heteroatoms. The lowest BCUT2D eigenvalue weighted by Gasteiger charge is -2.33. The molecule has 3 rings (SSSR count). The molecule has 0 spiro atoms. The van der Waals surface area contributed by atoms with E-state index in [-0.39, 0.29) is 6.10 Å². The number of thiophene rings is 1. The summed E-state index contributed by atoms with van der Waals surface area (Å²) in [4.78, 5) is 7.70. The monoisotopic (exact) mass is 279 g/mol. The highest BCUT2D eigenvalue weighted by Crippen LogP contribution is 2.22. The lowest BCUT2D eigenvalue weighted by Crippen LogP contribution is -2.41. The molecule has 5 nitrogen and oxygen atoms in total. The Hall–Kier alpha value is -1.24. The summed E-state index contributed by atoms with van der Waals surface area (Å²) in [5.41, 5.74) is 0. The van der Waals surface area contributed by atoms with Gasteiger partial charge in [0.25, 0.3) is 0 Å². The number of hydrogen-bond donors (Lipinski definition) is 1. The summed E-state index contributed by atoms with van der Waals surface area (Å²) in [6, 6.07) is 3.96. The predicted octanol–water partition coefficient (Wildman–Crippen LogP) is 2.00. The lowest BCUT2D eigenvalue weighted by molar-refractivity contribution is 0.0282. The van der Waals surface area contributed by atoms with Crippen molar-refractivity contribution >= 4 is 11.3 Å². The molecule has 0 aromatic carbocycles. The van der Waals surface area contributed by atoms with Crippen LogP contribution >= 0.6 is 11.3 Å². The molecule has 0 radical (unpaired) electrons. The fourth-order valence-corrected chi connectivity index (χ4v) is 3.03. The summed E-state index contributed by atoms with van der Waals surface area (Å²) in [7, 11) is 0. The van der Waals surface area contributed by atoms with Gasteiger partial charge in [-0.05, 0) is 23.8 Å². The third-order valence-corrected chi connectivity index (χ3v) is 4.38. The highest BCUT2D eigenvalue weighted by molar-refractivity contribution is 7.13. The Labute approximate surface area is 115 Å². The molecule has 2 atom stereocenters. The second-order valence-electron chi connectivity index (χ2n) is 5.06. The summed E-state index contributed by atoms with van der Waals surface area (Å²) in [5, 5.41) is 15.7. The van der Waals surface area contributed by atoms with Crippen LogP contribution in [-0.2, 0) is 6.54 Å². The molecule has 1 N–H and O–H groups in total. The summed E-state index contributed by atoms with van der Waals surface area (Å²) < 4.78 is 5.29. The van der Waals surface area contributed by atoms with E-state index in [1.807, 2.05) is 17.5 Å². The Morgan fingerprint density at radius 2 is 2.47 bits per heavy atom. The van der Waals surface area contributed by atoms with Crippen LogP contribution in [0.25, 0.3) is 10.7 Å². The Kier molecular flexibility index (Phi) is 3.63. The van der Waals surface area contributed by atoms with Gasteiger partial charge in [0.05, 0.1) is 17.5 Å². The van der Waals surface area contributed by atoms with Crippen molar-refractivity contribution in [2.75, 3.05) is 13.1 Å². The molecule has 2 aromatic heterocycles. The van der Waals surface area contributed by atoms with Gasteiger partial charge in [0.1, 0.15) is 0 Å². The van der Waals surface area contributed by atoms with E-state index in [1.54, 1.807) is 11.3 Å². The molecule has 1 aliphatic rings. The summed E-state index contributed by atoms with van der Waals surface area (Å²) >= 11 is 1.60. The molecular weight excluding hydrogens is 262 g/mol. The molecule has 102 valence electrons. The Balaban J connectivity index is 1.64. The number of nitrogens with zero attached hydrogens (tertiary/aromatic N) is 3. The molecule has 19 heavy (non-hydrogen) atoms. The van der Waals surface area contributed by atoms with Crippen molar-refractivity contribution in [3.8, 4) is 10.7 Å². The second-order valence-corrected chi connectivity index (χ2v) is 6.01. The van der Waals surface area contributed by atoms with Gasteiger partial charge < -0.3 is 9.63 Å². The average Bonchev–Trinajstić information content (AvgIpc) is 3.04. The number of aliphatic hydroxyl groups is 1. The van der Waals surface area contributed by atoms with E-state index in [0.29, 0.717) is 24.2 Å². The molecule has 0 aliphatic carbocycles. The number of hydrogen-bond acceptors (Lipinski definition) is 6. The van der Waals surface area contributed by atoms with Gasteiger partial charge in [-0.15, -0.1) is 11.3 Å². The minimum absolute atomic E-state index is 0.180. The topological polar surface area (TPSA) is 62.4 Å². The molecule has 1 aliphatic heterocycles. The zero-order valence-electron chi connectivity index (χ0n) is 10.8. The average molecular weight is 279 g/mol. The highest BCUT2D eigenvalue weighted by Gasteiger charge is 2.25. The van der Waals surface area contributed by atoms with Crippen LogP contribution in [0.4, 0.5) is 0 Å². The molecule has 2 unspecified atom stereocenters. The minimum atomic E-state index is -0.180. The Bertz CT molecular complexity index is 526. The normalized spacial score (nSPS) is 24.7. The summed E-state index contributed by atoms with van der Waals surface area (Å²) in [6.45, 7) is 4.48. The molecule has 0 saturated carbocycles. The van der Waals surface area contributed by atoms with Gasteiger partial charge in [0.2, 0.25) is 11.7 Å². The summed E-state index contributed by atoms with van der Waals surface area (Å²) in [5.74, 6) is 1.61. The second kappa shape index (κ2) is 5.40. The minimum Gasteiger partial charge on any atom is -0.393 e. The third kappa shape index (κ3) is 2.86. The Morgan fingerprint density at radius 3 is 3.21 bits per heavy atom. The van der Waals surface area contributed by atoms with E-state index in [2.05, 4.69) is 22.0 Å². The maximum absolute atomic E-state index is 9.71. The lowest BCUT2D eigenvalue weighted by atomic mass is 9.97. The molecular formula is C13H17N3O2S. The number of piperidine rings is 1. The zero-order chi connectivity index (χ0) is 13.2. The van der Waals surface area contributed by atoms with Crippen LogP contribution in [0, 0.1) is 5.92 Å².